The molecule has 0 radical (unpaired) electrons. The summed E-state index contributed by atoms with van der Waals surface area (Å²) in [5.41, 5.74) is -3.37. The Balaban J connectivity index is 1.54. The number of pyridine rings is 1. The zero-order valence-corrected chi connectivity index (χ0v) is 25.2. The monoisotopic (exact) mass is 636 g/mol. The molecule has 2 aliphatic rings. The van der Waals surface area contributed by atoms with Gasteiger partial charge in [0.25, 0.3) is 0 Å². The molecule has 2 aromatic carbocycles. The van der Waals surface area contributed by atoms with Crippen LogP contribution in [-0.2, 0) is 25.8 Å². The van der Waals surface area contributed by atoms with E-state index in [9.17, 15) is 35.3 Å². The number of hydrogen-bond donors (Lipinski definition) is 0. The Kier molecular flexibility index (Phi) is 8.74. The average molecular weight is 637 g/mol. The first kappa shape index (κ1) is 32.2. The topological polar surface area (TPSA) is 50.3 Å². The van der Waals surface area contributed by atoms with Gasteiger partial charge >= 0.3 is 12.4 Å². The second-order valence-corrected chi connectivity index (χ2v) is 14.0. The van der Waals surface area contributed by atoms with Gasteiger partial charge in [-0.15, -0.1) is 0 Å². The van der Waals surface area contributed by atoms with Crippen molar-refractivity contribution in [3.05, 3.63) is 84.1 Å². The first-order chi connectivity index (χ1) is 20.7. The van der Waals surface area contributed by atoms with Crippen molar-refractivity contribution in [3.63, 3.8) is 0 Å². The Labute approximate surface area is 255 Å². The molecule has 44 heavy (non-hydrogen) atoms. The normalized spacial score (nSPS) is 23.9. The molecule has 1 amide bonds. The number of hydrogen-bond acceptors (Lipinski definition) is 3. The molecule has 236 valence electrons. The highest BCUT2D eigenvalue weighted by Gasteiger charge is 2.68. The van der Waals surface area contributed by atoms with Gasteiger partial charge in [0.05, 0.1) is 21.2 Å². The number of benzene rings is 2. The van der Waals surface area contributed by atoms with Crippen LogP contribution in [0.4, 0.5) is 26.3 Å². The lowest BCUT2D eigenvalue weighted by atomic mass is 9.80. The largest absolute Gasteiger partial charge is 0.406 e. The SMILES string of the molecule is CC1CCC(C(=O)N2CCC(c3ccc(C(C)(C(F)(F)F)C(F)(F)F)cc3)(S(=O)c3cccc(-c4ccccn4)c3)C2)CC1. The number of rotatable bonds is 6. The van der Waals surface area contributed by atoms with Crippen molar-refractivity contribution in [2.24, 2.45) is 11.8 Å². The van der Waals surface area contributed by atoms with Crippen LogP contribution in [0.25, 0.3) is 11.3 Å². The Morgan fingerprint density at radius 3 is 2.16 bits per heavy atom. The first-order valence-electron chi connectivity index (χ1n) is 14.6. The molecule has 1 saturated heterocycles. The summed E-state index contributed by atoms with van der Waals surface area (Å²) in [5, 5.41) is 0. The summed E-state index contributed by atoms with van der Waals surface area (Å²) in [6.45, 7) is 2.59. The predicted molar refractivity (Wildman–Crippen MR) is 156 cm³/mol. The van der Waals surface area contributed by atoms with Crippen LogP contribution < -0.4 is 0 Å². The summed E-state index contributed by atoms with van der Waals surface area (Å²) in [5.74, 6) is 0.328. The van der Waals surface area contributed by atoms with Crippen LogP contribution in [0.5, 0.6) is 0 Å². The summed E-state index contributed by atoms with van der Waals surface area (Å²) in [7, 11) is -1.83. The molecule has 5 rings (SSSR count). The summed E-state index contributed by atoms with van der Waals surface area (Å²) in [4.78, 5) is 20.0. The molecule has 3 aromatic rings. The van der Waals surface area contributed by atoms with E-state index in [0.717, 1.165) is 37.8 Å². The van der Waals surface area contributed by atoms with Crippen molar-refractivity contribution in [1.82, 2.24) is 9.88 Å². The number of amides is 1. The molecule has 0 N–H and O–H groups in total. The molecule has 2 unspecified atom stereocenters. The lowest BCUT2D eigenvalue weighted by Crippen LogP contribution is -2.51. The second-order valence-electron chi connectivity index (χ2n) is 12.2. The van der Waals surface area contributed by atoms with Gasteiger partial charge in [0.1, 0.15) is 0 Å². The molecule has 11 heteroatoms. The molecule has 1 aliphatic carbocycles. The van der Waals surface area contributed by atoms with Gasteiger partial charge in [0.2, 0.25) is 5.91 Å². The van der Waals surface area contributed by atoms with Crippen LogP contribution in [0.1, 0.15) is 57.1 Å². The lowest BCUT2D eigenvalue weighted by Gasteiger charge is -2.35. The highest BCUT2D eigenvalue weighted by Crippen LogP contribution is 2.52. The Hall–Kier alpha value is -3.21. The highest BCUT2D eigenvalue weighted by atomic mass is 32.2. The summed E-state index contributed by atoms with van der Waals surface area (Å²) < 4.78 is 96.2. The maximum absolute atomic E-state index is 14.5. The maximum Gasteiger partial charge on any atom is 0.406 e. The number of carbonyl (C=O) groups excluding carboxylic acids is 1. The highest BCUT2D eigenvalue weighted by molar-refractivity contribution is 7.86. The van der Waals surface area contributed by atoms with Gasteiger partial charge < -0.3 is 4.90 Å². The average Bonchev–Trinajstić information content (AvgIpc) is 3.46. The van der Waals surface area contributed by atoms with Gasteiger partial charge in [-0.3, -0.25) is 14.0 Å². The van der Waals surface area contributed by atoms with Gasteiger partial charge in [-0.1, -0.05) is 49.4 Å². The standard InChI is InChI=1S/C33H34F6N2O2S/c1-22-9-11-23(12-10-22)29(42)41-19-17-31(21-41,44(43)27-7-5-6-24(20-27)28-8-3-4-18-40-28)26-15-13-25(14-16-26)30(2,32(34,35)36)33(37,38)39/h3-8,13-16,18,20,22-23H,9-12,17,19,21H2,1-2H3. The Bertz CT molecular complexity index is 1490. The molecule has 1 saturated carbocycles. The van der Waals surface area contributed by atoms with E-state index in [4.69, 9.17) is 0 Å². The molecule has 1 aromatic heterocycles. The molecule has 0 bridgehead atoms. The lowest BCUT2D eigenvalue weighted by molar-refractivity contribution is -0.297. The quantitative estimate of drug-likeness (QED) is 0.257. The number of aromatic nitrogens is 1. The predicted octanol–water partition coefficient (Wildman–Crippen LogP) is 8.19. The van der Waals surface area contributed by atoms with Crippen molar-refractivity contribution in [1.29, 1.82) is 0 Å². The van der Waals surface area contributed by atoms with E-state index < -0.39 is 38.9 Å². The molecular formula is C33H34F6N2O2S. The van der Waals surface area contributed by atoms with Crippen LogP contribution >= 0.6 is 0 Å². The van der Waals surface area contributed by atoms with Crippen LogP contribution in [0.2, 0.25) is 0 Å². The van der Waals surface area contributed by atoms with Gasteiger partial charge in [-0.05, 0) is 80.3 Å². The smallest absolute Gasteiger partial charge is 0.341 e. The van der Waals surface area contributed by atoms with Gasteiger partial charge in [0.15, 0.2) is 5.41 Å². The third kappa shape index (κ3) is 5.79. The summed E-state index contributed by atoms with van der Waals surface area (Å²) in [6.07, 6.45) is -5.95. The van der Waals surface area contributed by atoms with E-state index in [2.05, 4.69) is 11.9 Å². The van der Waals surface area contributed by atoms with Crippen molar-refractivity contribution in [2.45, 2.75) is 73.4 Å². The molecular weight excluding hydrogens is 602 g/mol. The summed E-state index contributed by atoms with van der Waals surface area (Å²) in [6, 6.07) is 16.4. The van der Waals surface area contributed by atoms with Gasteiger partial charge in [-0.2, -0.15) is 26.3 Å². The van der Waals surface area contributed by atoms with E-state index in [0.29, 0.717) is 27.6 Å². The number of alkyl halides is 6. The fourth-order valence-electron chi connectivity index (χ4n) is 6.35. The number of nitrogens with zero attached hydrogens (tertiary/aromatic N) is 2. The van der Waals surface area contributed by atoms with E-state index in [1.165, 1.54) is 12.1 Å². The van der Waals surface area contributed by atoms with E-state index in [-0.39, 0.29) is 38.3 Å². The van der Waals surface area contributed by atoms with Crippen LogP contribution in [-0.4, -0.2) is 45.4 Å². The third-order valence-corrected chi connectivity index (χ3v) is 11.4. The molecule has 2 heterocycles. The fourth-order valence-corrected chi connectivity index (χ4v) is 8.14. The minimum atomic E-state index is -5.59. The maximum atomic E-state index is 14.5. The number of halogens is 6. The van der Waals surface area contributed by atoms with Crippen molar-refractivity contribution in [3.8, 4) is 11.3 Å². The minimum Gasteiger partial charge on any atom is -0.341 e. The Morgan fingerprint density at radius 2 is 1.57 bits per heavy atom. The minimum absolute atomic E-state index is 0.0352. The van der Waals surface area contributed by atoms with Crippen molar-refractivity contribution < 1.29 is 35.3 Å². The third-order valence-electron chi connectivity index (χ3n) is 9.39. The first-order valence-corrected chi connectivity index (χ1v) is 15.8. The van der Waals surface area contributed by atoms with Crippen molar-refractivity contribution in [2.75, 3.05) is 13.1 Å². The van der Waals surface area contributed by atoms with Crippen LogP contribution in [0, 0.1) is 11.8 Å². The summed E-state index contributed by atoms with van der Waals surface area (Å²) >= 11 is 0. The zero-order chi connectivity index (χ0) is 31.9. The van der Waals surface area contributed by atoms with Crippen LogP contribution in [0.15, 0.2) is 77.8 Å². The fraction of sp³-hybridized carbons (Fsp3) is 0.455. The number of carbonyl (C=O) groups is 1. The molecule has 2 fully saturated rings. The zero-order valence-electron chi connectivity index (χ0n) is 24.4. The van der Waals surface area contributed by atoms with E-state index in [1.54, 1.807) is 41.4 Å². The number of likely N-dealkylation sites (tertiary alicyclic amines) is 1. The van der Waals surface area contributed by atoms with E-state index >= 15 is 0 Å². The molecule has 4 nitrogen and oxygen atoms in total. The second kappa shape index (κ2) is 11.9. The van der Waals surface area contributed by atoms with E-state index in [1.807, 2.05) is 12.1 Å². The van der Waals surface area contributed by atoms with Crippen LogP contribution in [0.3, 0.4) is 0 Å². The van der Waals surface area contributed by atoms with Gasteiger partial charge in [0, 0.05) is 35.7 Å². The molecule has 2 atom stereocenters. The van der Waals surface area contributed by atoms with Crippen molar-refractivity contribution >= 4 is 16.7 Å². The van der Waals surface area contributed by atoms with Gasteiger partial charge in [-0.25, -0.2) is 0 Å². The molecule has 1 aliphatic heterocycles. The Morgan fingerprint density at radius 1 is 0.909 bits per heavy atom. The molecule has 0 spiro atoms.